The van der Waals surface area contributed by atoms with Crippen molar-refractivity contribution in [2.75, 3.05) is 91.8 Å². The number of hydrogen-bond donors (Lipinski definition) is 4. The average Bonchev–Trinajstić information content (AvgIpc) is 2.87. The molecule has 0 aromatic heterocycles. The van der Waals surface area contributed by atoms with Gasteiger partial charge in [0, 0.05) is 72.0 Å². The second kappa shape index (κ2) is 22.1. The van der Waals surface area contributed by atoms with Gasteiger partial charge in [-0.1, -0.05) is 39.5 Å². The Morgan fingerprint density at radius 2 is 1.13 bits per heavy atom. The Bertz CT molecular complexity index is 653. The highest BCUT2D eigenvalue weighted by molar-refractivity contribution is 5.75. The minimum Gasteiger partial charge on any atom is -0.480 e. The number of amides is 1. The molecule has 1 aliphatic rings. The van der Waals surface area contributed by atoms with Crippen LogP contribution in [0.25, 0.3) is 0 Å². The van der Waals surface area contributed by atoms with Crippen LogP contribution >= 0.6 is 0 Å². The van der Waals surface area contributed by atoms with Crippen LogP contribution in [0.2, 0.25) is 0 Å². The smallest absolute Gasteiger partial charge is 0.317 e. The number of carbonyl (C=O) groups excluding carboxylic acids is 1. The summed E-state index contributed by atoms with van der Waals surface area (Å²) in [6.45, 7) is 13.1. The van der Waals surface area contributed by atoms with Crippen molar-refractivity contribution < 1.29 is 24.6 Å². The fraction of sp³-hybridized carbons (Fsp3) is 0.889. The summed E-state index contributed by atoms with van der Waals surface area (Å²) in [5, 5.41) is 25.1. The van der Waals surface area contributed by atoms with Gasteiger partial charge in [-0.15, -0.1) is 0 Å². The van der Waals surface area contributed by atoms with Crippen molar-refractivity contribution in [3.63, 3.8) is 0 Å². The summed E-state index contributed by atoms with van der Waals surface area (Å²) >= 11 is 0. The Morgan fingerprint density at radius 3 is 1.66 bits per heavy atom. The minimum absolute atomic E-state index is 0.0295. The molecule has 1 heterocycles. The van der Waals surface area contributed by atoms with Crippen LogP contribution in [0.5, 0.6) is 0 Å². The van der Waals surface area contributed by atoms with Gasteiger partial charge in [0.25, 0.3) is 0 Å². The van der Waals surface area contributed by atoms with Crippen LogP contribution in [0, 0.1) is 0 Å². The highest BCUT2D eigenvalue weighted by atomic mass is 16.4. The molecule has 0 radical (unpaired) electrons. The molecular weight excluding hydrogens is 488 g/mol. The molecule has 38 heavy (non-hydrogen) atoms. The Balaban J connectivity index is 2.41. The van der Waals surface area contributed by atoms with Crippen molar-refractivity contribution in [3.05, 3.63) is 0 Å². The first-order chi connectivity index (χ1) is 18.3. The summed E-state index contributed by atoms with van der Waals surface area (Å²) in [5.41, 5.74) is 0. The molecule has 0 aromatic rings. The zero-order valence-corrected chi connectivity index (χ0v) is 24.0. The number of aliphatic carboxylic acids is 2. The van der Waals surface area contributed by atoms with Gasteiger partial charge in [0.1, 0.15) is 0 Å². The third-order valence-corrected chi connectivity index (χ3v) is 7.04. The lowest BCUT2D eigenvalue weighted by Crippen LogP contribution is -2.49. The van der Waals surface area contributed by atoms with E-state index >= 15 is 0 Å². The van der Waals surface area contributed by atoms with E-state index in [0.717, 1.165) is 78.2 Å². The predicted molar refractivity (Wildman–Crippen MR) is 150 cm³/mol. The summed E-state index contributed by atoms with van der Waals surface area (Å²) in [6, 6.07) is 0. The van der Waals surface area contributed by atoms with E-state index in [9.17, 15) is 24.6 Å². The fourth-order valence-electron chi connectivity index (χ4n) is 4.57. The lowest BCUT2D eigenvalue weighted by atomic mass is 10.2. The lowest BCUT2D eigenvalue weighted by molar-refractivity contribution is -0.140. The van der Waals surface area contributed by atoms with Crippen LogP contribution in [-0.2, 0) is 14.4 Å². The zero-order chi connectivity index (χ0) is 28.0. The third kappa shape index (κ3) is 18.5. The molecule has 0 saturated carbocycles. The molecule has 11 nitrogen and oxygen atoms in total. The van der Waals surface area contributed by atoms with Gasteiger partial charge >= 0.3 is 11.9 Å². The molecule has 1 aliphatic heterocycles. The topological polar surface area (TPSA) is 129 Å². The summed E-state index contributed by atoms with van der Waals surface area (Å²) in [5.74, 6) is -1.57. The van der Waals surface area contributed by atoms with Gasteiger partial charge in [-0.05, 0) is 32.4 Å². The van der Waals surface area contributed by atoms with Crippen molar-refractivity contribution in [2.45, 2.75) is 65.2 Å². The number of hydrogen-bond acceptors (Lipinski definition) is 8. The first kappa shape index (κ1) is 34.2. The summed E-state index contributed by atoms with van der Waals surface area (Å²) in [6.07, 6.45) is 8.20. The van der Waals surface area contributed by atoms with E-state index in [1.54, 1.807) is 0 Å². The predicted octanol–water partition coefficient (Wildman–Crippen LogP) is 1.20. The molecule has 4 N–H and O–H groups in total. The molecule has 1 amide bonds. The Labute approximate surface area is 229 Å². The van der Waals surface area contributed by atoms with E-state index in [0.29, 0.717) is 32.6 Å². The number of carbonyl (C=O) groups is 3. The molecule has 0 unspecified atom stereocenters. The van der Waals surface area contributed by atoms with Crippen molar-refractivity contribution in [3.8, 4) is 0 Å². The first-order valence-corrected chi connectivity index (χ1v) is 14.6. The minimum atomic E-state index is -0.867. The van der Waals surface area contributed by atoms with E-state index in [4.69, 9.17) is 0 Å². The number of nitrogens with zero attached hydrogens (tertiary/aromatic N) is 4. The van der Waals surface area contributed by atoms with Crippen LogP contribution < -0.4 is 10.6 Å². The second-order valence-corrected chi connectivity index (χ2v) is 10.3. The van der Waals surface area contributed by atoms with Gasteiger partial charge in [0.15, 0.2) is 0 Å². The normalized spacial score (nSPS) is 17.5. The number of rotatable bonds is 18. The van der Waals surface area contributed by atoms with Gasteiger partial charge < -0.3 is 25.7 Å². The quantitative estimate of drug-likeness (QED) is 0.188. The number of carboxylic acid groups (broad SMARTS) is 2. The fourth-order valence-corrected chi connectivity index (χ4v) is 4.57. The maximum absolute atomic E-state index is 11.9. The van der Waals surface area contributed by atoms with Crippen LogP contribution in [0.4, 0.5) is 0 Å². The van der Waals surface area contributed by atoms with Crippen LogP contribution in [0.1, 0.15) is 65.2 Å². The number of unbranched alkanes of at least 4 members (excludes halogenated alkanes) is 5. The van der Waals surface area contributed by atoms with Gasteiger partial charge in [-0.2, -0.15) is 0 Å². The van der Waals surface area contributed by atoms with E-state index in [2.05, 4.69) is 34.3 Å². The molecule has 0 bridgehead atoms. The van der Waals surface area contributed by atoms with Gasteiger partial charge in [0.2, 0.25) is 5.91 Å². The second-order valence-electron chi connectivity index (χ2n) is 10.3. The van der Waals surface area contributed by atoms with Gasteiger partial charge in [0.05, 0.1) is 13.1 Å². The molecule has 0 spiro atoms. The SMILES string of the molecule is CCCCCCNC(=O)CCCCCNCN1CCN(CC)CCN(CC(=O)O)CCN(CC(=O)O)CC1. The summed E-state index contributed by atoms with van der Waals surface area (Å²) in [4.78, 5) is 43.1. The van der Waals surface area contributed by atoms with Crippen LogP contribution in [0.15, 0.2) is 0 Å². The molecule has 1 fully saturated rings. The highest BCUT2D eigenvalue weighted by Crippen LogP contribution is 2.03. The van der Waals surface area contributed by atoms with Gasteiger partial charge in [-0.3, -0.25) is 29.1 Å². The maximum atomic E-state index is 11.9. The Kier molecular flexibility index (Phi) is 19.9. The van der Waals surface area contributed by atoms with Gasteiger partial charge in [-0.25, -0.2) is 0 Å². The summed E-state index contributed by atoms with van der Waals surface area (Å²) < 4.78 is 0. The Hall–Kier alpha value is -1.79. The molecule has 1 saturated heterocycles. The van der Waals surface area contributed by atoms with E-state index in [1.165, 1.54) is 19.3 Å². The highest BCUT2D eigenvalue weighted by Gasteiger charge is 2.18. The average molecular weight is 543 g/mol. The largest absolute Gasteiger partial charge is 0.480 e. The number of likely N-dealkylation sites (N-methyl/N-ethyl adjacent to an activating group) is 1. The molecule has 1 rings (SSSR count). The molecule has 0 atom stereocenters. The monoisotopic (exact) mass is 542 g/mol. The summed E-state index contributed by atoms with van der Waals surface area (Å²) in [7, 11) is 0. The van der Waals surface area contributed by atoms with Crippen molar-refractivity contribution in [1.82, 2.24) is 30.2 Å². The van der Waals surface area contributed by atoms with E-state index in [-0.39, 0.29) is 19.0 Å². The zero-order valence-electron chi connectivity index (χ0n) is 24.0. The van der Waals surface area contributed by atoms with Crippen molar-refractivity contribution in [1.29, 1.82) is 0 Å². The standard InChI is InChI=1S/C27H54N6O5/c1-3-5-6-10-13-29-25(34)11-8-7-9-12-28-24-33-20-15-30(4-2)14-16-31(22-26(35)36)17-18-32(19-21-33)23-27(37)38/h28H,3-24H2,1-2H3,(H,29,34)(H,35,36)(H,37,38). The number of carboxylic acids is 2. The van der Waals surface area contributed by atoms with Crippen LogP contribution in [0.3, 0.4) is 0 Å². The number of nitrogens with one attached hydrogen (secondary N) is 2. The lowest BCUT2D eigenvalue weighted by Gasteiger charge is -2.33. The molecule has 0 aromatic carbocycles. The van der Waals surface area contributed by atoms with Crippen molar-refractivity contribution >= 4 is 17.8 Å². The third-order valence-electron chi connectivity index (χ3n) is 7.04. The Morgan fingerprint density at radius 1 is 0.632 bits per heavy atom. The molecule has 11 heteroatoms. The van der Waals surface area contributed by atoms with Crippen LogP contribution in [-0.4, -0.2) is 139 Å². The van der Waals surface area contributed by atoms with E-state index < -0.39 is 11.9 Å². The molecular formula is C27H54N6O5. The molecule has 222 valence electrons. The van der Waals surface area contributed by atoms with Crippen molar-refractivity contribution in [2.24, 2.45) is 0 Å². The maximum Gasteiger partial charge on any atom is 0.317 e. The molecule has 0 aliphatic carbocycles. The van der Waals surface area contributed by atoms with E-state index in [1.807, 2.05) is 9.80 Å². The first-order valence-electron chi connectivity index (χ1n) is 14.6.